The average molecular weight is 265 g/mol. The summed E-state index contributed by atoms with van der Waals surface area (Å²) < 4.78 is 10.7. The molecule has 0 fully saturated rings. The fourth-order valence-corrected chi connectivity index (χ4v) is 2.59. The Balaban J connectivity index is 2.66. The fourth-order valence-electron chi connectivity index (χ4n) is 1.82. The number of thioether (sulfide) groups is 1. The zero-order valence-electron chi connectivity index (χ0n) is 10.5. The Kier molecular flexibility index (Phi) is 3.66. The summed E-state index contributed by atoms with van der Waals surface area (Å²) in [7, 11) is 3.24. The molecule has 0 aliphatic rings. The van der Waals surface area contributed by atoms with Crippen LogP contribution in [0.3, 0.4) is 0 Å². The van der Waals surface area contributed by atoms with Crippen LogP contribution in [0.15, 0.2) is 23.2 Å². The standard InChI is InChI=1S/C12H15N3O2S/c1-16-9-5-4-7(8-6-14-15-12(8)13)11(18-3)10(9)17-2/h4-6H,1-3H3,(H3,13,14,15). The minimum absolute atomic E-state index is 0.539. The van der Waals surface area contributed by atoms with Crippen LogP contribution in [0.25, 0.3) is 11.1 Å². The minimum Gasteiger partial charge on any atom is -0.493 e. The van der Waals surface area contributed by atoms with E-state index in [9.17, 15) is 0 Å². The van der Waals surface area contributed by atoms with E-state index in [2.05, 4.69) is 10.2 Å². The highest BCUT2D eigenvalue weighted by Crippen LogP contribution is 2.44. The number of aromatic amines is 1. The number of methoxy groups -OCH3 is 2. The highest BCUT2D eigenvalue weighted by atomic mass is 32.2. The minimum atomic E-state index is 0.539. The van der Waals surface area contributed by atoms with Crippen molar-refractivity contribution in [2.45, 2.75) is 4.90 Å². The lowest BCUT2D eigenvalue weighted by Crippen LogP contribution is -1.95. The normalized spacial score (nSPS) is 10.4. The number of nitrogen functional groups attached to an aromatic ring is 1. The number of rotatable bonds is 4. The van der Waals surface area contributed by atoms with Gasteiger partial charge in [-0.1, -0.05) is 0 Å². The van der Waals surface area contributed by atoms with E-state index in [4.69, 9.17) is 15.2 Å². The second kappa shape index (κ2) is 5.22. The molecular weight excluding hydrogens is 250 g/mol. The van der Waals surface area contributed by atoms with Crippen LogP contribution in [-0.2, 0) is 0 Å². The van der Waals surface area contributed by atoms with Crippen molar-refractivity contribution in [1.82, 2.24) is 10.2 Å². The predicted molar refractivity (Wildman–Crippen MR) is 73.3 cm³/mol. The molecule has 0 aliphatic heterocycles. The Hall–Kier alpha value is -1.82. The van der Waals surface area contributed by atoms with Gasteiger partial charge in [0.2, 0.25) is 0 Å². The molecule has 0 saturated heterocycles. The third-order valence-electron chi connectivity index (χ3n) is 2.66. The topological polar surface area (TPSA) is 73.2 Å². The summed E-state index contributed by atoms with van der Waals surface area (Å²) in [4.78, 5) is 0.977. The van der Waals surface area contributed by atoms with Gasteiger partial charge in [-0.3, -0.25) is 5.10 Å². The third-order valence-corrected chi connectivity index (χ3v) is 3.48. The molecule has 0 unspecified atom stereocenters. The van der Waals surface area contributed by atoms with Gasteiger partial charge in [0.15, 0.2) is 11.5 Å². The number of nitrogens with zero attached hydrogens (tertiary/aromatic N) is 1. The molecule has 2 aromatic rings. The third kappa shape index (κ3) is 1.99. The predicted octanol–water partition coefficient (Wildman–Crippen LogP) is 2.40. The summed E-state index contributed by atoms with van der Waals surface area (Å²) in [5.74, 6) is 1.95. The summed E-state index contributed by atoms with van der Waals surface area (Å²) >= 11 is 1.58. The molecule has 1 aromatic heterocycles. The monoisotopic (exact) mass is 265 g/mol. The number of hydrogen-bond acceptors (Lipinski definition) is 5. The number of nitrogens with two attached hydrogens (primary N) is 1. The van der Waals surface area contributed by atoms with E-state index in [1.807, 2.05) is 18.4 Å². The van der Waals surface area contributed by atoms with Gasteiger partial charge >= 0.3 is 0 Å². The Morgan fingerprint density at radius 1 is 1.22 bits per heavy atom. The van der Waals surface area contributed by atoms with Crippen LogP contribution < -0.4 is 15.2 Å². The molecule has 0 amide bonds. The Morgan fingerprint density at radius 3 is 2.50 bits per heavy atom. The Labute approximate surface area is 110 Å². The van der Waals surface area contributed by atoms with Crippen LogP contribution >= 0.6 is 11.8 Å². The maximum atomic E-state index is 5.86. The van der Waals surface area contributed by atoms with E-state index < -0.39 is 0 Å². The van der Waals surface area contributed by atoms with Crippen molar-refractivity contribution in [3.63, 3.8) is 0 Å². The van der Waals surface area contributed by atoms with Gasteiger partial charge in [0.05, 0.1) is 25.3 Å². The second-order valence-corrected chi connectivity index (χ2v) is 4.40. The molecule has 18 heavy (non-hydrogen) atoms. The van der Waals surface area contributed by atoms with Crippen molar-refractivity contribution in [3.8, 4) is 22.6 Å². The lowest BCUT2D eigenvalue weighted by atomic mass is 10.1. The first kappa shape index (κ1) is 12.6. The molecular formula is C12H15N3O2S. The quantitative estimate of drug-likeness (QED) is 0.830. The maximum Gasteiger partial charge on any atom is 0.174 e. The van der Waals surface area contributed by atoms with Gasteiger partial charge in [-0.05, 0) is 18.4 Å². The van der Waals surface area contributed by atoms with Crippen LogP contribution in [-0.4, -0.2) is 30.7 Å². The van der Waals surface area contributed by atoms with E-state index in [-0.39, 0.29) is 0 Å². The van der Waals surface area contributed by atoms with Crippen LogP contribution in [0.1, 0.15) is 0 Å². The van der Waals surface area contributed by atoms with Crippen molar-refractivity contribution in [3.05, 3.63) is 18.3 Å². The number of ether oxygens (including phenoxy) is 2. The Bertz CT molecular complexity index is 554. The number of hydrogen-bond donors (Lipinski definition) is 2. The fraction of sp³-hybridized carbons (Fsp3) is 0.250. The van der Waals surface area contributed by atoms with Gasteiger partial charge in [-0.2, -0.15) is 5.10 Å². The maximum absolute atomic E-state index is 5.86. The molecule has 5 nitrogen and oxygen atoms in total. The van der Waals surface area contributed by atoms with Crippen molar-refractivity contribution >= 4 is 17.6 Å². The van der Waals surface area contributed by atoms with E-state index in [1.165, 1.54) is 0 Å². The summed E-state index contributed by atoms with van der Waals surface area (Å²) in [5.41, 5.74) is 7.70. The SMILES string of the molecule is COc1ccc(-c2cn[nH]c2N)c(SC)c1OC. The summed E-state index contributed by atoms with van der Waals surface area (Å²) in [6, 6.07) is 3.81. The summed E-state index contributed by atoms with van der Waals surface area (Å²) in [6.07, 6.45) is 3.69. The van der Waals surface area contributed by atoms with Gasteiger partial charge in [-0.25, -0.2) is 0 Å². The molecule has 0 spiro atoms. The molecule has 0 radical (unpaired) electrons. The molecule has 1 aromatic carbocycles. The highest BCUT2D eigenvalue weighted by molar-refractivity contribution is 7.98. The zero-order valence-corrected chi connectivity index (χ0v) is 11.3. The van der Waals surface area contributed by atoms with Gasteiger partial charge in [-0.15, -0.1) is 11.8 Å². The first-order valence-electron chi connectivity index (χ1n) is 5.31. The number of H-pyrrole nitrogens is 1. The van der Waals surface area contributed by atoms with Gasteiger partial charge in [0.1, 0.15) is 5.82 Å². The Morgan fingerprint density at radius 2 is 2.00 bits per heavy atom. The van der Waals surface area contributed by atoms with E-state index >= 15 is 0 Å². The summed E-state index contributed by atoms with van der Waals surface area (Å²) in [5, 5.41) is 6.67. The number of aromatic nitrogens is 2. The zero-order chi connectivity index (χ0) is 13.1. The number of anilines is 1. The van der Waals surface area contributed by atoms with Gasteiger partial charge < -0.3 is 15.2 Å². The van der Waals surface area contributed by atoms with Crippen LogP contribution in [0.4, 0.5) is 5.82 Å². The first-order chi connectivity index (χ1) is 8.72. The highest BCUT2D eigenvalue weighted by Gasteiger charge is 2.17. The molecule has 1 heterocycles. The molecule has 6 heteroatoms. The van der Waals surface area contributed by atoms with Crippen LogP contribution in [0.2, 0.25) is 0 Å². The molecule has 3 N–H and O–H groups in total. The van der Waals surface area contributed by atoms with Crippen molar-refractivity contribution in [2.24, 2.45) is 0 Å². The molecule has 0 atom stereocenters. The summed E-state index contributed by atoms with van der Waals surface area (Å²) in [6.45, 7) is 0. The van der Waals surface area contributed by atoms with Gasteiger partial charge in [0, 0.05) is 11.1 Å². The van der Waals surface area contributed by atoms with E-state index in [1.54, 1.807) is 32.2 Å². The number of benzene rings is 1. The van der Waals surface area contributed by atoms with Gasteiger partial charge in [0.25, 0.3) is 0 Å². The van der Waals surface area contributed by atoms with Crippen LogP contribution in [0.5, 0.6) is 11.5 Å². The molecule has 0 aliphatic carbocycles. The largest absolute Gasteiger partial charge is 0.493 e. The van der Waals surface area contributed by atoms with Crippen molar-refractivity contribution in [1.29, 1.82) is 0 Å². The number of nitrogens with one attached hydrogen (secondary N) is 1. The second-order valence-electron chi connectivity index (χ2n) is 3.58. The molecule has 0 bridgehead atoms. The van der Waals surface area contributed by atoms with E-state index in [0.717, 1.165) is 16.0 Å². The molecule has 96 valence electrons. The smallest absolute Gasteiger partial charge is 0.174 e. The van der Waals surface area contributed by atoms with E-state index in [0.29, 0.717) is 17.3 Å². The lowest BCUT2D eigenvalue weighted by Gasteiger charge is -2.14. The van der Waals surface area contributed by atoms with Crippen molar-refractivity contribution in [2.75, 3.05) is 26.2 Å². The average Bonchev–Trinajstić information content (AvgIpc) is 2.82. The molecule has 2 rings (SSSR count). The van der Waals surface area contributed by atoms with Crippen molar-refractivity contribution < 1.29 is 9.47 Å². The first-order valence-corrected chi connectivity index (χ1v) is 6.53. The molecule has 0 saturated carbocycles. The van der Waals surface area contributed by atoms with Crippen LogP contribution in [0, 0.1) is 0 Å². The lowest BCUT2D eigenvalue weighted by molar-refractivity contribution is 0.348.